The zero-order valence-corrected chi connectivity index (χ0v) is 16.2. The Morgan fingerprint density at radius 1 is 1.21 bits per heavy atom. The van der Waals surface area contributed by atoms with Gasteiger partial charge in [0.1, 0.15) is 11.9 Å². The fourth-order valence-electron chi connectivity index (χ4n) is 3.81. The molecule has 0 saturated carbocycles. The number of benzene rings is 2. The van der Waals surface area contributed by atoms with Crippen LogP contribution in [0, 0.1) is 17.1 Å². The fraction of sp³-hybridized carbons (Fsp3) is 0.273. The first-order valence-electron chi connectivity index (χ1n) is 9.25. The molecule has 0 radical (unpaired) electrons. The van der Waals surface area contributed by atoms with Crippen LogP contribution in [0.1, 0.15) is 24.1 Å². The van der Waals surface area contributed by atoms with E-state index in [0.29, 0.717) is 0 Å². The van der Waals surface area contributed by atoms with Gasteiger partial charge in [0, 0.05) is 11.3 Å². The van der Waals surface area contributed by atoms with E-state index in [1.54, 1.807) is 6.07 Å². The molecule has 28 heavy (non-hydrogen) atoms. The SMILES string of the molecule is CCc1csc(N2[C@H](CO)[C@@H](c3ccc(-c4cccc(F)c4)cc3)[C@@H]2C#N)n1. The number of hydrogen-bond acceptors (Lipinski definition) is 5. The molecule has 1 aromatic heterocycles. The largest absolute Gasteiger partial charge is 0.394 e. The van der Waals surface area contributed by atoms with Crippen LogP contribution in [0.2, 0.25) is 0 Å². The Morgan fingerprint density at radius 2 is 2.00 bits per heavy atom. The number of aliphatic hydroxyl groups is 1. The molecule has 3 aromatic rings. The minimum Gasteiger partial charge on any atom is -0.394 e. The number of rotatable bonds is 5. The van der Waals surface area contributed by atoms with Gasteiger partial charge in [-0.25, -0.2) is 9.37 Å². The van der Waals surface area contributed by atoms with Gasteiger partial charge in [-0.2, -0.15) is 5.26 Å². The Bertz CT molecular complexity index is 1010. The molecule has 0 bridgehead atoms. The first kappa shape index (κ1) is 18.6. The second-order valence-corrected chi connectivity index (χ2v) is 7.70. The molecule has 0 spiro atoms. The van der Waals surface area contributed by atoms with E-state index in [-0.39, 0.29) is 30.4 Å². The molecule has 1 aliphatic rings. The number of anilines is 1. The lowest BCUT2D eigenvalue weighted by molar-refractivity contribution is 0.187. The number of hydrogen-bond donors (Lipinski definition) is 1. The van der Waals surface area contributed by atoms with E-state index in [4.69, 9.17) is 0 Å². The van der Waals surface area contributed by atoms with Gasteiger partial charge in [0.2, 0.25) is 0 Å². The lowest BCUT2D eigenvalue weighted by atomic mass is 9.76. The minimum atomic E-state index is -0.368. The van der Waals surface area contributed by atoms with Crippen molar-refractivity contribution in [3.05, 3.63) is 71.0 Å². The third-order valence-corrected chi connectivity index (χ3v) is 6.21. The average molecular weight is 393 g/mol. The van der Waals surface area contributed by atoms with Gasteiger partial charge >= 0.3 is 0 Å². The molecule has 1 saturated heterocycles. The maximum Gasteiger partial charge on any atom is 0.186 e. The molecule has 0 aliphatic carbocycles. The molecule has 1 aliphatic heterocycles. The van der Waals surface area contributed by atoms with Crippen molar-refractivity contribution >= 4 is 16.5 Å². The second kappa shape index (κ2) is 7.70. The first-order chi connectivity index (χ1) is 13.7. The summed E-state index contributed by atoms with van der Waals surface area (Å²) in [5, 5.41) is 22.5. The Morgan fingerprint density at radius 3 is 2.61 bits per heavy atom. The van der Waals surface area contributed by atoms with Crippen molar-refractivity contribution in [1.29, 1.82) is 5.26 Å². The molecule has 2 aromatic carbocycles. The van der Waals surface area contributed by atoms with E-state index in [2.05, 4.69) is 11.1 Å². The van der Waals surface area contributed by atoms with Gasteiger partial charge in [-0.05, 0) is 35.2 Å². The van der Waals surface area contributed by atoms with E-state index < -0.39 is 0 Å². The molecule has 3 atom stereocenters. The van der Waals surface area contributed by atoms with Crippen LogP contribution < -0.4 is 4.90 Å². The molecule has 4 nitrogen and oxygen atoms in total. The van der Waals surface area contributed by atoms with Crippen molar-refractivity contribution in [2.24, 2.45) is 0 Å². The summed E-state index contributed by atoms with van der Waals surface area (Å²) in [5.41, 5.74) is 3.72. The third kappa shape index (κ3) is 3.17. The second-order valence-electron chi connectivity index (χ2n) is 6.86. The van der Waals surface area contributed by atoms with Crippen LogP contribution in [-0.4, -0.2) is 28.8 Å². The Labute approximate surface area is 167 Å². The number of thiazole rings is 1. The number of aliphatic hydroxyl groups excluding tert-OH is 1. The lowest BCUT2D eigenvalue weighted by Gasteiger charge is -2.51. The highest BCUT2D eigenvalue weighted by atomic mass is 32.1. The summed E-state index contributed by atoms with van der Waals surface area (Å²) in [6.45, 7) is 2.00. The number of nitrogens with zero attached hydrogens (tertiary/aromatic N) is 3. The van der Waals surface area contributed by atoms with E-state index in [9.17, 15) is 14.8 Å². The summed E-state index contributed by atoms with van der Waals surface area (Å²) in [5.74, 6) is -0.360. The fourth-order valence-corrected chi connectivity index (χ4v) is 4.82. The molecule has 1 N–H and O–H groups in total. The van der Waals surface area contributed by atoms with Crippen LogP contribution in [0.3, 0.4) is 0 Å². The van der Waals surface area contributed by atoms with E-state index in [1.807, 2.05) is 47.5 Å². The molecular formula is C22H20FN3OS. The van der Waals surface area contributed by atoms with Crippen molar-refractivity contribution in [3.8, 4) is 17.2 Å². The first-order valence-corrected chi connectivity index (χ1v) is 10.1. The zero-order valence-electron chi connectivity index (χ0n) is 15.4. The number of halogens is 1. The number of aromatic nitrogens is 1. The van der Waals surface area contributed by atoms with Gasteiger partial charge in [-0.3, -0.25) is 0 Å². The molecular weight excluding hydrogens is 373 g/mol. The van der Waals surface area contributed by atoms with Crippen LogP contribution >= 0.6 is 11.3 Å². The van der Waals surface area contributed by atoms with Crippen molar-refractivity contribution in [2.45, 2.75) is 31.3 Å². The van der Waals surface area contributed by atoms with Crippen molar-refractivity contribution in [1.82, 2.24) is 4.98 Å². The van der Waals surface area contributed by atoms with Crippen LogP contribution in [0.5, 0.6) is 0 Å². The predicted molar refractivity (Wildman–Crippen MR) is 109 cm³/mol. The van der Waals surface area contributed by atoms with Gasteiger partial charge in [-0.15, -0.1) is 11.3 Å². The van der Waals surface area contributed by atoms with Gasteiger partial charge in [0.15, 0.2) is 5.13 Å². The predicted octanol–water partition coefficient (Wildman–Crippen LogP) is 4.37. The topological polar surface area (TPSA) is 60.1 Å². The van der Waals surface area contributed by atoms with Crippen LogP contribution in [0.4, 0.5) is 9.52 Å². The van der Waals surface area contributed by atoms with Gasteiger partial charge < -0.3 is 10.0 Å². The Balaban J connectivity index is 1.60. The molecule has 6 heteroatoms. The van der Waals surface area contributed by atoms with Crippen LogP contribution in [-0.2, 0) is 6.42 Å². The summed E-state index contributed by atoms with van der Waals surface area (Å²) in [6, 6.07) is 16.1. The van der Waals surface area contributed by atoms with Gasteiger partial charge in [0.25, 0.3) is 0 Å². The summed E-state index contributed by atoms with van der Waals surface area (Å²) >= 11 is 1.51. The number of nitriles is 1. The summed E-state index contributed by atoms with van der Waals surface area (Å²) < 4.78 is 13.5. The third-order valence-electron chi connectivity index (χ3n) is 5.31. The molecule has 2 heterocycles. The van der Waals surface area contributed by atoms with Crippen LogP contribution in [0.25, 0.3) is 11.1 Å². The van der Waals surface area contributed by atoms with E-state index in [1.165, 1.54) is 23.5 Å². The number of aryl methyl sites for hydroxylation is 1. The summed E-state index contributed by atoms with van der Waals surface area (Å²) in [7, 11) is 0. The molecule has 0 unspecified atom stereocenters. The Hall–Kier alpha value is -2.75. The summed E-state index contributed by atoms with van der Waals surface area (Å²) in [4.78, 5) is 6.51. The van der Waals surface area contributed by atoms with Gasteiger partial charge in [0.05, 0.1) is 24.4 Å². The highest BCUT2D eigenvalue weighted by Gasteiger charge is 2.50. The molecule has 4 rings (SSSR count). The standard InChI is InChI=1S/C22H20FN3OS/c1-2-18-13-28-22(25-18)26-19(11-24)21(20(26)12-27)15-8-6-14(7-9-15)16-4-3-5-17(23)10-16/h3-10,13,19-21,27H,2,12H2,1H3/t19-,20+,21-/m0/s1. The molecule has 0 amide bonds. The highest BCUT2D eigenvalue weighted by molar-refractivity contribution is 7.13. The van der Waals surface area contributed by atoms with E-state index in [0.717, 1.165) is 33.9 Å². The molecule has 142 valence electrons. The maximum atomic E-state index is 13.5. The maximum absolute atomic E-state index is 13.5. The van der Waals surface area contributed by atoms with Crippen molar-refractivity contribution < 1.29 is 9.50 Å². The normalized spacial score (nSPS) is 21.2. The van der Waals surface area contributed by atoms with Crippen molar-refractivity contribution in [2.75, 3.05) is 11.5 Å². The van der Waals surface area contributed by atoms with Crippen molar-refractivity contribution in [3.63, 3.8) is 0 Å². The lowest BCUT2D eigenvalue weighted by Crippen LogP contribution is -2.63. The monoisotopic (exact) mass is 393 g/mol. The Kier molecular flexibility index (Phi) is 5.12. The minimum absolute atomic E-state index is 0.0461. The quantitative estimate of drug-likeness (QED) is 0.699. The summed E-state index contributed by atoms with van der Waals surface area (Å²) in [6.07, 6.45) is 0.844. The van der Waals surface area contributed by atoms with Gasteiger partial charge in [-0.1, -0.05) is 43.3 Å². The smallest absolute Gasteiger partial charge is 0.186 e. The van der Waals surface area contributed by atoms with E-state index >= 15 is 0 Å². The van der Waals surface area contributed by atoms with Crippen LogP contribution in [0.15, 0.2) is 53.9 Å². The highest BCUT2D eigenvalue weighted by Crippen LogP contribution is 2.44. The average Bonchev–Trinajstić information content (AvgIpc) is 3.17. The zero-order chi connectivity index (χ0) is 19.7. The molecule has 1 fully saturated rings.